The van der Waals surface area contributed by atoms with Crippen LogP contribution in [0.3, 0.4) is 0 Å². The predicted molar refractivity (Wildman–Crippen MR) is 112 cm³/mol. The van der Waals surface area contributed by atoms with Gasteiger partial charge in [0, 0.05) is 13.6 Å². The summed E-state index contributed by atoms with van der Waals surface area (Å²) in [7, 11) is -1.16. The number of carbonyl (C=O) groups excluding carboxylic acids is 3. The molecule has 3 rings (SSSR count). The van der Waals surface area contributed by atoms with E-state index in [1.807, 2.05) is 0 Å². The summed E-state index contributed by atoms with van der Waals surface area (Å²) in [5.74, 6) is -1.22. The van der Waals surface area contributed by atoms with E-state index in [-0.39, 0.29) is 17.0 Å². The lowest BCUT2D eigenvalue weighted by Crippen LogP contribution is -2.50. The predicted octanol–water partition coefficient (Wildman–Crippen LogP) is 1.00. The zero-order chi connectivity index (χ0) is 22.8. The first-order chi connectivity index (χ1) is 14.7. The maximum absolute atomic E-state index is 13.1. The third kappa shape index (κ3) is 4.24. The van der Waals surface area contributed by atoms with Crippen LogP contribution in [-0.4, -0.2) is 62.1 Å². The van der Waals surface area contributed by atoms with Crippen molar-refractivity contribution in [1.29, 1.82) is 0 Å². The van der Waals surface area contributed by atoms with Gasteiger partial charge in [-0.2, -0.15) is 0 Å². The average Bonchev–Trinajstić information content (AvgIpc) is 2.97. The van der Waals surface area contributed by atoms with Gasteiger partial charge in [-0.15, -0.1) is 0 Å². The molecule has 3 amide bonds. The van der Waals surface area contributed by atoms with Crippen molar-refractivity contribution in [2.75, 3.05) is 20.7 Å². The largest absolute Gasteiger partial charge is 0.497 e. The van der Waals surface area contributed by atoms with Crippen molar-refractivity contribution in [3.8, 4) is 5.75 Å². The van der Waals surface area contributed by atoms with Gasteiger partial charge in [0.15, 0.2) is 0 Å². The van der Waals surface area contributed by atoms with Crippen molar-refractivity contribution < 1.29 is 27.5 Å². The van der Waals surface area contributed by atoms with Gasteiger partial charge in [0.1, 0.15) is 23.2 Å². The van der Waals surface area contributed by atoms with Crippen LogP contribution in [0.2, 0.25) is 0 Å². The molecule has 0 aromatic heterocycles. The Morgan fingerprint density at radius 2 is 1.77 bits per heavy atom. The lowest BCUT2D eigenvalue weighted by molar-refractivity contribution is -0.140. The number of sulfonamides is 1. The second-order valence-corrected chi connectivity index (χ2v) is 8.80. The summed E-state index contributed by atoms with van der Waals surface area (Å²) in [4.78, 5) is 39.1. The highest BCUT2D eigenvalue weighted by molar-refractivity contribution is 7.90. The van der Waals surface area contributed by atoms with Crippen molar-refractivity contribution in [1.82, 2.24) is 14.5 Å². The van der Waals surface area contributed by atoms with E-state index in [2.05, 4.69) is 5.32 Å². The molecule has 2 aromatic carbocycles. The number of methoxy groups -OCH3 is 1. The van der Waals surface area contributed by atoms with Crippen molar-refractivity contribution in [3.05, 3.63) is 59.7 Å². The van der Waals surface area contributed by atoms with Gasteiger partial charge in [-0.05, 0) is 36.8 Å². The molecule has 31 heavy (non-hydrogen) atoms. The molecular weight excluding hydrogens is 422 g/mol. The Kier molecular flexibility index (Phi) is 6.30. The average molecular weight is 445 g/mol. The molecule has 9 nitrogen and oxygen atoms in total. The van der Waals surface area contributed by atoms with Crippen molar-refractivity contribution in [2.24, 2.45) is 0 Å². The summed E-state index contributed by atoms with van der Waals surface area (Å²) in [5, 5.41) is 2.49. The Morgan fingerprint density at radius 3 is 2.35 bits per heavy atom. The maximum Gasteiger partial charge on any atom is 0.269 e. The number of hydrogen-bond donors (Lipinski definition) is 1. The number of ether oxygens (including phenoxy) is 1. The number of benzene rings is 2. The monoisotopic (exact) mass is 445 g/mol. The topological polar surface area (TPSA) is 113 Å². The molecule has 0 fully saturated rings. The molecule has 1 unspecified atom stereocenters. The van der Waals surface area contributed by atoms with Crippen molar-refractivity contribution >= 4 is 27.7 Å². The van der Waals surface area contributed by atoms with Crippen LogP contribution < -0.4 is 10.1 Å². The first-order valence-electron chi connectivity index (χ1n) is 9.50. The Labute approximate surface area is 180 Å². The van der Waals surface area contributed by atoms with Gasteiger partial charge in [-0.3, -0.25) is 14.4 Å². The van der Waals surface area contributed by atoms with Gasteiger partial charge in [0.25, 0.3) is 15.9 Å². The maximum atomic E-state index is 13.1. The molecule has 10 heteroatoms. The van der Waals surface area contributed by atoms with Crippen LogP contribution in [0.5, 0.6) is 5.75 Å². The first-order valence-corrected chi connectivity index (χ1v) is 10.9. The van der Waals surface area contributed by atoms with E-state index in [4.69, 9.17) is 4.74 Å². The molecule has 0 aliphatic carbocycles. The highest BCUT2D eigenvalue weighted by Crippen LogP contribution is 2.30. The summed E-state index contributed by atoms with van der Waals surface area (Å²) in [5.41, 5.74) is 0.736. The van der Waals surface area contributed by atoms with Crippen molar-refractivity contribution in [2.45, 2.75) is 24.4 Å². The lowest BCUT2D eigenvalue weighted by atomic mass is 10.1. The Hall–Kier alpha value is -3.40. The minimum absolute atomic E-state index is 0.0244. The molecular formula is C21H23N3O6S. The van der Waals surface area contributed by atoms with Crippen molar-refractivity contribution in [3.63, 3.8) is 0 Å². The van der Waals surface area contributed by atoms with E-state index in [0.717, 1.165) is 0 Å². The van der Waals surface area contributed by atoms with Crippen LogP contribution in [-0.2, 0) is 26.2 Å². The minimum atomic E-state index is -4.14. The van der Waals surface area contributed by atoms with E-state index in [9.17, 15) is 22.8 Å². The fraction of sp³-hybridized carbons (Fsp3) is 0.286. The highest BCUT2D eigenvalue weighted by atomic mass is 32.2. The third-order valence-corrected chi connectivity index (χ3v) is 6.90. The summed E-state index contributed by atoms with van der Waals surface area (Å²) in [6.45, 7) is 0.884. The summed E-state index contributed by atoms with van der Waals surface area (Å²) in [6, 6.07) is 11.8. The van der Waals surface area contributed by atoms with Gasteiger partial charge in [-0.1, -0.05) is 24.3 Å². The zero-order valence-electron chi connectivity index (χ0n) is 17.4. The van der Waals surface area contributed by atoms with Gasteiger partial charge >= 0.3 is 0 Å². The normalized spacial score (nSPS) is 15.2. The van der Waals surface area contributed by atoms with Gasteiger partial charge in [0.05, 0.1) is 12.7 Å². The Morgan fingerprint density at radius 1 is 1.13 bits per heavy atom. The van der Waals surface area contributed by atoms with E-state index in [1.54, 1.807) is 30.3 Å². The fourth-order valence-corrected chi connectivity index (χ4v) is 4.84. The number of nitrogens with zero attached hydrogens (tertiary/aromatic N) is 2. The molecule has 0 spiro atoms. The number of nitrogens with one attached hydrogen (secondary N) is 1. The number of rotatable bonds is 7. The van der Waals surface area contributed by atoms with Crippen LogP contribution in [0.15, 0.2) is 53.4 Å². The molecule has 1 N–H and O–H groups in total. The molecule has 1 aliphatic heterocycles. The smallest absolute Gasteiger partial charge is 0.269 e. The molecule has 0 saturated heterocycles. The number of fused-ring (bicyclic) bond motifs is 1. The zero-order valence-corrected chi connectivity index (χ0v) is 18.2. The van der Waals surface area contributed by atoms with Crippen LogP contribution in [0.4, 0.5) is 0 Å². The van der Waals surface area contributed by atoms with Gasteiger partial charge in [-0.25, -0.2) is 12.7 Å². The lowest BCUT2D eigenvalue weighted by Gasteiger charge is -2.29. The molecule has 1 aliphatic rings. The first kappa shape index (κ1) is 22.3. The number of hydrogen-bond acceptors (Lipinski definition) is 6. The number of likely N-dealkylation sites (N-methyl/N-ethyl adjacent to an activating group) is 1. The van der Waals surface area contributed by atoms with Crippen LogP contribution in [0.25, 0.3) is 0 Å². The molecule has 1 atom stereocenters. The van der Waals surface area contributed by atoms with E-state index in [0.29, 0.717) is 15.6 Å². The molecule has 0 radical (unpaired) electrons. The van der Waals surface area contributed by atoms with Gasteiger partial charge in [0.2, 0.25) is 11.8 Å². The van der Waals surface area contributed by atoms with Gasteiger partial charge < -0.3 is 15.0 Å². The summed E-state index contributed by atoms with van der Waals surface area (Å²) in [6.07, 6.45) is 0. The minimum Gasteiger partial charge on any atom is -0.497 e. The summed E-state index contributed by atoms with van der Waals surface area (Å²) < 4.78 is 31.2. The van der Waals surface area contributed by atoms with Crippen LogP contribution in [0.1, 0.15) is 22.8 Å². The molecule has 0 bridgehead atoms. The van der Waals surface area contributed by atoms with Crippen LogP contribution >= 0.6 is 0 Å². The summed E-state index contributed by atoms with van der Waals surface area (Å²) >= 11 is 0. The Balaban J connectivity index is 1.88. The fourth-order valence-electron chi connectivity index (χ4n) is 3.32. The van der Waals surface area contributed by atoms with E-state index < -0.39 is 40.3 Å². The van der Waals surface area contributed by atoms with E-state index in [1.165, 1.54) is 44.2 Å². The second kappa shape index (κ2) is 8.76. The standard InChI is InChI=1S/C21H23N3O6S/c1-14(20(26)22-2)23(12-15-8-10-16(30-3)11-9-15)19(25)13-24-21(27)17-6-4-5-7-18(17)31(24,28)29/h4-11,14H,12-13H2,1-3H3,(H,22,26). The molecule has 2 aromatic rings. The third-order valence-electron chi connectivity index (χ3n) is 5.12. The highest BCUT2D eigenvalue weighted by Gasteiger charge is 2.43. The number of carbonyl (C=O) groups is 3. The van der Waals surface area contributed by atoms with Crippen LogP contribution in [0, 0.1) is 0 Å². The number of amides is 3. The quantitative estimate of drug-likeness (QED) is 0.680. The van der Waals surface area contributed by atoms with E-state index >= 15 is 0 Å². The second-order valence-electron chi connectivity index (χ2n) is 6.97. The molecule has 1 heterocycles. The molecule has 164 valence electrons. The SMILES string of the molecule is CNC(=O)C(C)N(Cc1ccc(OC)cc1)C(=O)CN1C(=O)c2ccccc2S1(=O)=O. The molecule has 0 saturated carbocycles. The Bertz CT molecular complexity index is 1110.